The van der Waals surface area contributed by atoms with Crippen molar-refractivity contribution in [2.75, 3.05) is 6.61 Å². The van der Waals surface area contributed by atoms with Gasteiger partial charge >= 0.3 is 0 Å². The van der Waals surface area contributed by atoms with Gasteiger partial charge in [0.1, 0.15) is 11.2 Å². The molecule has 1 aliphatic rings. The normalized spacial score (nSPS) is 23.2. The molecular formula is C9H12O2S. The Labute approximate surface area is 76.3 Å². The fraction of sp³-hybridized carbons (Fsp3) is 0.556. The molecule has 0 amide bonds. The highest BCUT2D eigenvalue weighted by Crippen LogP contribution is 2.32. The summed E-state index contributed by atoms with van der Waals surface area (Å²) in [4.78, 5) is 1.21. The Kier molecular flexibility index (Phi) is 2.42. The molecule has 2 rings (SSSR count). The van der Waals surface area contributed by atoms with Crippen molar-refractivity contribution in [2.45, 2.75) is 30.1 Å². The minimum Gasteiger partial charge on any atom is -0.468 e. The quantitative estimate of drug-likeness (QED) is 0.705. The fourth-order valence-corrected chi connectivity index (χ4v) is 2.36. The summed E-state index contributed by atoms with van der Waals surface area (Å²) in [5.74, 6) is 0.996. The average Bonchev–Trinajstić information content (AvgIpc) is 2.65. The van der Waals surface area contributed by atoms with Crippen molar-refractivity contribution in [3.05, 3.63) is 18.1 Å². The van der Waals surface area contributed by atoms with Gasteiger partial charge in [0.15, 0.2) is 0 Å². The summed E-state index contributed by atoms with van der Waals surface area (Å²) in [7, 11) is 0. The molecule has 0 radical (unpaired) electrons. The van der Waals surface area contributed by atoms with E-state index in [4.69, 9.17) is 9.15 Å². The maximum absolute atomic E-state index is 5.50. The summed E-state index contributed by atoms with van der Waals surface area (Å²) >= 11 is 1.77. The van der Waals surface area contributed by atoms with Crippen LogP contribution < -0.4 is 0 Å². The molecule has 12 heavy (non-hydrogen) atoms. The molecule has 1 saturated heterocycles. The van der Waals surface area contributed by atoms with Gasteiger partial charge in [-0.15, -0.1) is 0 Å². The van der Waals surface area contributed by atoms with Crippen molar-refractivity contribution in [3.63, 3.8) is 0 Å². The van der Waals surface area contributed by atoms with Crippen molar-refractivity contribution < 1.29 is 9.15 Å². The number of furan rings is 1. The van der Waals surface area contributed by atoms with Crippen molar-refractivity contribution in [2.24, 2.45) is 0 Å². The first kappa shape index (κ1) is 8.20. The van der Waals surface area contributed by atoms with Crippen LogP contribution >= 0.6 is 11.8 Å². The monoisotopic (exact) mass is 184 g/mol. The van der Waals surface area contributed by atoms with Gasteiger partial charge < -0.3 is 9.15 Å². The smallest absolute Gasteiger partial charge is 0.114 e. The SMILES string of the molecule is Cc1occc1SC1CCCO1. The Morgan fingerprint density at radius 1 is 1.58 bits per heavy atom. The third-order valence-electron chi connectivity index (χ3n) is 1.96. The van der Waals surface area contributed by atoms with Gasteiger partial charge in [-0.1, -0.05) is 11.8 Å². The zero-order valence-electron chi connectivity index (χ0n) is 7.08. The number of hydrogen-bond acceptors (Lipinski definition) is 3. The molecule has 2 heterocycles. The van der Waals surface area contributed by atoms with Crippen LogP contribution in [0.2, 0.25) is 0 Å². The predicted octanol–water partition coefficient (Wildman–Crippen LogP) is 2.82. The predicted molar refractivity (Wildman–Crippen MR) is 48.3 cm³/mol. The lowest BCUT2D eigenvalue weighted by Gasteiger charge is -2.06. The van der Waals surface area contributed by atoms with Crippen LogP contribution in [-0.4, -0.2) is 12.0 Å². The first-order valence-corrected chi connectivity index (χ1v) is 5.06. The van der Waals surface area contributed by atoms with Crippen LogP contribution in [0.1, 0.15) is 18.6 Å². The molecular weight excluding hydrogens is 172 g/mol. The zero-order valence-corrected chi connectivity index (χ0v) is 7.89. The van der Waals surface area contributed by atoms with E-state index in [0.717, 1.165) is 18.8 Å². The highest BCUT2D eigenvalue weighted by Gasteiger charge is 2.18. The standard InChI is InChI=1S/C9H12O2S/c1-7-8(4-6-10-7)12-9-3-2-5-11-9/h4,6,9H,2-3,5H2,1H3. The van der Waals surface area contributed by atoms with Crippen molar-refractivity contribution in [1.29, 1.82) is 0 Å². The molecule has 0 spiro atoms. The lowest BCUT2D eigenvalue weighted by molar-refractivity contribution is 0.173. The van der Waals surface area contributed by atoms with Crippen LogP contribution in [-0.2, 0) is 4.74 Å². The molecule has 3 heteroatoms. The van der Waals surface area contributed by atoms with Gasteiger partial charge in [0, 0.05) is 6.61 Å². The Bertz CT molecular complexity index is 251. The molecule has 1 fully saturated rings. The van der Waals surface area contributed by atoms with E-state index in [1.54, 1.807) is 18.0 Å². The topological polar surface area (TPSA) is 22.4 Å². The lowest BCUT2D eigenvalue weighted by atomic mass is 10.4. The molecule has 2 nitrogen and oxygen atoms in total. The van der Waals surface area contributed by atoms with Gasteiger partial charge in [0.05, 0.1) is 11.2 Å². The third kappa shape index (κ3) is 1.67. The van der Waals surface area contributed by atoms with Gasteiger partial charge in [-0.25, -0.2) is 0 Å². The van der Waals surface area contributed by atoms with E-state index >= 15 is 0 Å². The summed E-state index contributed by atoms with van der Waals surface area (Å²) < 4.78 is 10.7. The minimum absolute atomic E-state index is 0.348. The molecule has 1 aromatic rings. The number of rotatable bonds is 2. The molecule has 1 aliphatic heterocycles. The second-order valence-corrected chi connectivity index (χ2v) is 4.10. The van der Waals surface area contributed by atoms with Crippen molar-refractivity contribution in [3.8, 4) is 0 Å². The molecule has 0 aliphatic carbocycles. The van der Waals surface area contributed by atoms with Gasteiger partial charge in [-0.2, -0.15) is 0 Å². The van der Waals surface area contributed by atoms with Gasteiger partial charge in [-0.05, 0) is 25.8 Å². The van der Waals surface area contributed by atoms with Crippen LogP contribution in [0.4, 0.5) is 0 Å². The molecule has 0 saturated carbocycles. The minimum atomic E-state index is 0.348. The van der Waals surface area contributed by atoms with Crippen LogP contribution in [0.15, 0.2) is 21.6 Å². The number of ether oxygens (including phenoxy) is 1. The van der Waals surface area contributed by atoms with E-state index in [1.807, 2.05) is 13.0 Å². The Morgan fingerprint density at radius 2 is 2.50 bits per heavy atom. The van der Waals surface area contributed by atoms with Crippen LogP contribution in [0.3, 0.4) is 0 Å². The van der Waals surface area contributed by atoms with E-state index in [-0.39, 0.29) is 0 Å². The number of thioether (sulfide) groups is 1. The van der Waals surface area contributed by atoms with E-state index in [9.17, 15) is 0 Å². The van der Waals surface area contributed by atoms with Gasteiger partial charge in [-0.3, -0.25) is 0 Å². The summed E-state index contributed by atoms with van der Waals surface area (Å²) in [5.41, 5.74) is 0.348. The molecule has 0 bridgehead atoms. The average molecular weight is 184 g/mol. The van der Waals surface area contributed by atoms with E-state index < -0.39 is 0 Å². The zero-order chi connectivity index (χ0) is 8.39. The van der Waals surface area contributed by atoms with Crippen molar-refractivity contribution >= 4 is 11.8 Å². The number of aryl methyl sites for hydroxylation is 1. The highest BCUT2D eigenvalue weighted by molar-refractivity contribution is 7.99. The highest BCUT2D eigenvalue weighted by atomic mass is 32.2. The number of hydrogen-bond donors (Lipinski definition) is 0. The lowest BCUT2D eigenvalue weighted by Crippen LogP contribution is -1.97. The van der Waals surface area contributed by atoms with Crippen LogP contribution in [0.25, 0.3) is 0 Å². The summed E-state index contributed by atoms with van der Waals surface area (Å²) in [6.45, 7) is 2.89. The molecule has 1 atom stereocenters. The van der Waals surface area contributed by atoms with E-state index in [1.165, 1.54) is 11.3 Å². The molecule has 0 N–H and O–H groups in total. The molecule has 66 valence electrons. The van der Waals surface area contributed by atoms with Crippen LogP contribution in [0.5, 0.6) is 0 Å². The Balaban J connectivity index is 1.98. The molecule has 0 aromatic carbocycles. The Hall–Kier alpha value is -0.410. The first-order valence-electron chi connectivity index (χ1n) is 4.18. The molecule has 1 unspecified atom stereocenters. The molecule has 1 aromatic heterocycles. The van der Waals surface area contributed by atoms with E-state index in [2.05, 4.69) is 0 Å². The second-order valence-electron chi connectivity index (χ2n) is 2.90. The first-order chi connectivity index (χ1) is 5.86. The maximum Gasteiger partial charge on any atom is 0.114 e. The van der Waals surface area contributed by atoms with Gasteiger partial charge in [0.25, 0.3) is 0 Å². The second kappa shape index (κ2) is 3.54. The van der Waals surface area contributed by atoms with Crippen molar-refractivity contribution in [1.82, 2.24) is 0 Å². The fourth-order valence-electron chi connectivity index (χ4n) is 1.28. The van der Waals surface area contributed by atoms with E-state index in [0.29, 0.717) is 5.44 Å². The largest absolute Gasteiger partial charge is 0.468 e. The summed E-state index contributed by atoms with van der Waals surface area (Å²) in [6.07, 6.45) is 4.08. The summed E-state index contributed by atoms with van der Waals surface area (Å²) in [6, 6.07) is 2.00. The maximum atomic E-state index is 5.50. The van der Waals surface area contributed by atoms with Crippen LogP contribution in [0, 0.1) is 6.92 Å². The third-order valence-corrected chi connectivity index (χ3v) is 3.27. The Morgan fingerprint density at radius 3 is 3.08 bits per heavy atom. The van der Waals surface area contributed by atoms with Gasteiger partial charge in [0.2, 0.25) is 0 Å². The summed E-state index contributed by atoms with van der Waals surface area (Å²) in [5, 5.41) is 0.